The molecule has 1 heterocycles. The highest BCUT2D eigenvalue weighted by Crippen LogP contribution is 2.36. The van der Waals surface area contributed by atoms with E-state index in [2.05, 4.69) is 5.32 Å². The zero-order valence-corrected chi connectivity index (χ0v) is 12.8. The molecule has 2 amide bonds. The number of hydrogen-bond donors (Lipinski definition) is 1. The van der Waals surface area contributed by atoms with Gasteiger partial charge in [0, 0.05) is 12.5 Å². The maximum atomic E-state index is 14.1. The van der Waals surface area contributed by atoms with Crippen LogP contribution in [-0.4, -0.2) is 23.4 Å². The van der Waals surface area contributed by atoms with Gasteiger partial charge in [-0.3, -0.25) is 14.5 Å². The molecule has 118 valence electrons. The molecule has 2 fully saturated rings. The van der Waals surface area contributed by atoms with Crippen LogP contribution in [0, 0.1) is 5.82 Å². The van der Waals surface area contributed by atoms with Crippen molar-refractivity contribution in [3.63, 3.8) is 0 Å². The normalized spacial score (nSPS) is 25.7. The molecule has 3 rings (SSSR count). The van der Waals surface area contributed by atoms with E-state index in [-0.39, 0.29) is 30.0 Å². The summed E-state index contributed by atoms with van der Waals surface area (Å²) >= 11 is 0. The average molecular weight is 304 g/mol. The fraction of sp³-hybridized carbons (Fsp3) is 0.529. The number of para-hydroxylation sites is 1. The van der Waals surface area contributed by atoms with Crippen molar-refractivity contribution in [2.45, 2.75) is 57.0 Å². The van der Waals surface area contributed by atoms with Gasteiger partial charge in [-0.1, -0.05) is 25.0 Å². The zero-order valence-electron chi connectivity index (χ0n) is 12.8. The molecule has 1 saturated carbocycles. The van der Waals surface area contributed by atoms with Crippen LogP contribution in [0.1, 0.15) is 45.4 Å². The van der Waals surface area contributed by atoms with Gasteiger partial charge < -0.3 is 5.32 Å². The minimum absolute atomic E-state index is 0.173. The molecule has 1 N–H and O–H groups in total. The lowest BCUT2D eigenvalue weighted by atomic mass is 9.96. The molecule has 22 heavy (non-hydrogen) atoms. The molecule has 0 aromatic heterocycles. The van der Waals surface area contributed by atoms with E-state index in [1.165, 1.54) is 11.0 Å². The van der Waals surface area contributed by atoms with Crippen LogP contribution < -0.4 is 10.2 Å². The smallest absolute Gasteiger partial charge is 0.246 e. The van der Waals surface area contributed by atoms with E-state index in [9.17, 15) is 14.0 Å². The number of nitrogens with one attached hydrogen (secondary N) is 1. The van der Waals surface area contributed by atoms with Gasteiger partial charge in [-0.2, -0.15) is 0 Å². The largest absolute Gasteiger partial charge is 0.351 e. The third-order valence-electron chi connectivity index (χ3n) is 4.84. The van der Waals surface area contributed by atoms with E-state index < -0.39 is 11.4 Å². The maximum absolute atomic E-state index is 14.1. The average Bonchev–Trinajstić information content (AvgIpc) is 3.10. The van der Waals surface area contributed by atoms with Crippen LogP contribution in [0.3, 0.4) is 0 Å². The lowest BCUT2D eigenvalue weighted by Crippen LogP contribution is -2.56. The molecule has 4 nitrogen and oxygen atoms in total. The van der Waals surface area contributed by atoms with Crippen LogP contribution in [0.5, 0.6) is 0 Å². The standard InChI is InChI=1S/C17H21FN2O2/c1-17(16(22)19-12-6-2-3-7-12)11-10-15(21)20(17)14-9-5-4-8-13(14)18/h4-5,8-9,12H,2-3,6-7,10-11H2,1H3,(H,19,22). The first-order valence-corrected chi connectivity index (χ1v) is 7.91. The molecule has 2 aliphatic rings. The molecule has 1 aliphatic carbocycles. The predicted molar refractivity (Wildman–Crippen MR) is 81.9 cm³/mol. The van der Waals surface area contributed by atoms with Gasteiger partial charge in [0.05, 0.1) is 5.69 Å². The van der Waals surface area contributed by atoms with Crippen LogP contribution in [0.4, 0.5) is 10.1 Å². The number of hydrogen-bond acceptors (Lipinski definition) is 2. The third kappa shape index (κ3) is 2.49. The monoisotopic (exact) mass is 304 g/mol. The summed E-state index contributed by atoms with van der Waals surface area (Å²) in [6, 6.07) is 6.31. The Kier molecular flexibility index (Phi) is 3.89. The highest BCUT2D eigenvalue weighted by atomic mass is 19.1. The Labute approximate surface area is 129 Å². The number of benzene rings is 1. The van der Waals surface area contributed by atoms with Crippen molar-refractivity contribution >= 4 is 17.5 Å². The van der Waals surface area contributed by atoms with E-state index in [1.54, 1.807) is 25.1 Å². The zero-order chi connectivity index (χ0) is 15.7. The summed E-state index contributed by atoms with van der Waals surface area (Å²) in [5, 5.41) is 3.05. The molecule has 1 aromatic carbocycles. The quantitative estimate of drug-likeness (QED) is 0.933. The van der Waals surface area contributed by atoms with E-state index in [0.717, 1.165) is 25.7 Å². The van der Waals surface area contributed by atoms with Gasteiger partial charge in [0.25, 0.3) is 0 Å². The first kappa shape index (κ1) is 15.0. The summed E-state index contributed by atoms with van der Waals surface area (Å²) in [6.07, 6.45) is 4.89. The molecule has 1 aromatic rings. The first-order valence-electron chi connectivity index (χ1n) is 7.91. The number of anilines is 1. The summed E-state index contributed by atoms with van der Waals surface area (Å²) < 4.78 is 14.1. The molecule has 0 radical (unpaired) electrons. The van der Waals surface area contributed by atoms with Crippen LogP contribution in [0.2, 0.25) is 0 Å². The van der Waals surface area contributed by atoms with Crippen LogP contribution in [0.15, 0.2) is 24.3 Å². The molecule has 0 bridgehead atoms. The van der Waals surface area contributed by atoms with Gasteiger partial charge in [0.2, 0.25) is 11.8 Å². The minimum Gasteiger partial charge on any atom is -0.351 e. The lowest BCUT2D eigenvalue weighted by molar-refractivity contribution is -0.127. The van der Waals surface area contributed by atoms with Gasteiger partial charge in [-0.25, -0.2) is 4.39 Å². The Balaban J connectivity index is 1.88. The Morgan fingerprint density at radius 3 is 2.68 bits per heavy atom. The van der Waals surface area contributed by atoms with Gasteiger partial charge in [-0.15, -0.1) is 0 Å². The van der Waals surface area contributed by atoms with E-state index in [4.69, 9.17) is 0 Å². The molecule has 1 unspecified atom stereocenters. The molecular weight excluding hydrogens is 283 g/mol. The second kappa shape index (κ2) is 5.71. The summed E-state index contributed by atoms with van der Waals surface area (Å²) in [5.41, 5.74) is -0.823. The Morgan fingerprint density at radius 1 is 1.32 bits per heavy atom. The first-order chi connectivity index (χ1) is 10.5. The van der Waals surface area contributed by atoms with E-state index >= 15 is 0 Å². The fourth-order valence-corrected chi connectivity index (χ4v) is 3.51. The number of carbonyl (C=O) groups is 2. The van der Waals surface area contributed by atoms with Crippen molar-refractivity contribution in [1.29, 1.82) is 0 Å². The summed E-state index contributed by atoms with van der Waals surface area (Å²) in [5.74, 6) is -0.847. The second-order valence-electron chi connectivity index (χ2n) is 6.41. The number of carbonyl (C=O) groups excluding carboxylic acids is 2. The Bertz CT molecular complexity index is 598. The van der Waals surface area contributed by atoms with Crippen LogP contribution >= 0.6 is 0 Å². The summed E-state index contributed by atoms with van der Waals surface area (Å²) in [4.78, 5) is 26.3. The maximum Gasteiger partial charge on any atom is 0.246 e. The number of amides is 2. The molecule has 1 aliphatic heterocycles. The fourth-order valence-electron chi connectivity index (χ4n) is 3.51. The molecule has 1 saturated heterocycles. The van der Waals surface area contributed by atoms with Crippen LogP contribution in [0.25, 0.3) is 0 Å². The number of halogens is 1. The molecule has 5 heteroatoms. The lowest BCUT2D eigenvalue weighted by Gasteiger charge is -2.35. The van der Waals surface area contributed by atoms with E-state index in [1.807, 2.05) is 0 Å². The van der Waals surface area contributed by atoms with Gasteiger partial charge >= 0.3 is 0 Å². The van der Waals surface area contributed by atoms with E-state index in [0.29, 0.717) is 6.42 Å². The van der Waals surface area contributed by atoms with Crippen molar-refractivity contribution in [2.75, 3.05) is 4.90 Å². The second-order valence-corrected chi connectivity index (χ2v) is 6.41. The highest BCUT2D eigenvalue weighted by Gasteiger charge is 2.49. The van der Waals surface area contributed by atoms with Gasteiger partial charge in [0.15, 0.2) is 0 Å². The predicted octanol–water partition coefficient (Wildman–Crippen LogP) is 2.77. The van der Waals surface area contributed by atoms with Crippen molar-refractivity contribution < 1.29 is 14.0 Å². The van der Waals surface area contributed by atoms with Crippen molar-refractivity contribution in [3.8, 4) is 0 Å². The number of nitrogens with zero attached hydrogens (tertiary/aromatic N) is 1. The highest BCUT2D eigenvalue weighted by molar-refractivity contribution is 6.06. The van der Waals surface area contributed by atoms with Crippen molar-refractivity contribution in [2.24, 2.45) is 0 Å². The van der Waals surface area contributed by atoms with Crippen LogP contribution in [-0.2, 0) is 9.59 Å². The Morgan fingerprint density at radius 2 is 2.00 bits per heavy atom. The molecular formula is C17H21FN2O2. The molecule has 1 atom stereocenters. The topological polar surface area (TPSA) is 49.4 Å². The third-order valence-corrected chi connectivity index (χ3v) is 4.84. The van der Waals surface area contributed by atoms with Gasteiger partial charge in [0.1, 0.15) is 11.4 Å². The SMILES string of the molecule is CC1(C(=O)NC2CCCC2)CCC(=O)N1c1ccccc1F. The minimum atomic E-state index is -1.01. The van der Waals surface area contributed by atoms with Crippen molar-refractivity contribution in [1.82, 2.24) is 5.32 Å². The summed E-state index contributed by atoms with van der Waals surface area (Å²) in [6.45, 7) is 1.73. The van der Waals surface area contributed by atoms with Crippen molar-refractivity contribution in [3.05, 3.63) is 30.1 Å². The Hall–Kier alpha value is -1.91. The molecule has 0 spiro atoms. The summed E-state index contributed by atoms with van der Waals surface area (Å²) in [7, 11) is 0. The van der Waals surface area contributed by atoms with Gasteiger partial charge in [-0.05, 0) is 38.3 Å². The number of rotatable bonds is 3.